The van der Waals surface area contributed by atoms with Gasteiger partial charge in [-0.15, -0.1) is 10.2 Å². The van der Waals surface area contributed by atoms with E-state index in [0.717, 1.165) is 24.4 Å². The first-order chi connectivity index (χ1) is 10.8. The van der Waals surface area contributed by atoms with Crippen LogP contribution in [0, 0.1) is 0 Å². The Hall–Kier alpha value is -2.63. The number of aromatic nitrogens is 4. The molecule has 0 aliphatic carbocycles. The second kappa shape index (κ2) is 6.89. The number of nitrogens with zero attached hydrogens (tertiary/aromatic N) is 4. The highest BCUT2D eigenvalue weighted by atomic mass is 16.1. The smallest absolute Gasteiger partial charge is 0.220 e. The number of amides is 1. The Balaban J connectivity index is 1.40. The highest BCUT2D eigenvalue weighted by Crippen LogP contribution is 2.03. The molecule has 3 aromatic heterocycles. The largest absolute Gasteiger partial charge is 0.356 e. The summed E-state index contributed by atoms with van der Waals surface area (Å²) >= 11 is 0. The van der Waals surface area contributed by atoms with Crippen molar-refractivity contribution in [3.05, 3.63) is 54.7 Å². The summed E-state index contributed by atoms with van der Waals surface area (Å²) in [5, 5.41) is 11.2. The molecule has 0 bridgehead atoms. The average molecular weight is 297 g/mol. The van der Waals surface area contributed by atoms with Gasteiger partial charge in [0.05, 0.1) is 0 Å². The normalized spacial score (nSPS) is 10.9. The summed E-state index contributed by atoms with van der Waals surface area (Å²) in [4.78, 5) is 11.8. The predicted molar refractivity (Wildman–Crippen MR) is 83.4 cm³/mol. The first-order valence-corrected chi connectivity index (χ1v) is 7.49. The number of hydrogen-bond acceptors (Lipinski definition) is 3. The first kappa shape index (κ1) is 14.3. The maximum atomic E-state index is 11.8. The molecule has 3 aromatic rings. The lowest BCUT2D eigenvalue weighted by atomic mass is 10.3. The standard InChI is InChI=1S/C16H19N5O/c22-16(7-5-12-20-10-3-4-11-20)17-9-8-15-19-18-14-6-1-2-13-21(14)15/h1-4,6,10-11,13H,5,7-9,12H2,(H,17,22). The molecule has 0 aromatic carbocycles. The average Bonchev–Trinajstić information content (AvgIpc) is 3.17. The Bertz CT molecular complexity index is 732. The van der Waals surface area contributed by atoms with E-state index >= 15 is 0 Å². The van der Waals surface area contributed by atoms with Crippen LogP contribution in [0.4, 0.5) is 0 Å². The fourth-order valence-electron chi connectivity index (χ4n) is 2.40. The minimum absolute atomic E-state index is 0.0842. The van der Waals surface area contributed by atoms with Crippen LogP contribution in [0.25, 0.3) is 5.65 Å². The number of aryl methyl sites for hydroxylation is 1. The molecule has 0 atom stereocenters. The highest BCUT2D eigenvalue weighted by molar-refractivity contribution is 5.75. The van der Waals surface area contributed by atoms with Gasteiger partial charge in [-0.3, -0.25) is 9.20 Å². The molecule has 0 spiro atoms. The zero-order chi connectivity index (χ0) is 15.2. The molecule has 0 aliphatic rings. The molecule has 0 unspecified atom stereocenters. The quantitative estimate of drug-likeness (QED) is 0.721. The lowest BCUT2D eigenvalue weighted by Gasteiger charge is -2.05. The Morgan fingerprint density at radius 2 is 1.91 bits per heavy atom. The van der Waals surface area contributed by atoms with E-state index in [4.69, 9.17) is 0 Å². The highest BCUT2D eigenvalue weighted by Gasteiger charge is 2.05. The van der Waals surface area contributed by atoms with E-state index in [1.165, 1.54) is 0 Å². The van der Waals surface area contributed by atoms with Crippen LogP contribution in [0.2, 0.25) is 0 Å². The van der Waals surface area contributed by atoms with Crippen LogP contribution >= 0.6 is 0 Å². The van der Waals surface area contributed by atoms with Crippen LogP contribution in [-0.2, 0) is 17.8 Å². The second-order valence-electron chi connectivity index (χ2n) is 5.17. The predicted octanol–water partition coefficient (Wildman–Crippen LogP) is 1.67. The summed E-state index contributed by atoms with van der Waals surface area (Å²) in [6, 6.07) is 9.77. The summed E-state index contributed by atoms with van der Waals surface area (Å²) in [6.45, 7) is 1.45. The van der Waals surface area contributed by atoms with Crippen LogP contribution in [-0.4, -0.2) is 31.6 Å². The topological polar surface area (TPSA) is 64.2 Å². The molecule has 6 heteroatoms. The van der Waals surface area contributed by atoms with Gasteiger partial charge in [0.25, 0.3) is 0 Å². The van der Waals surface area contributed by atoms with Crippen molar-refractivity contribution in [3.63, 3.8) is 0 Å². The molecule has 3 heterocycles. The summed E-state index contributed by atoms with van der Waals surface area (Å²) in [5.41, 5.74) is 0.829. The van der Waals surface area contributed by atoms with E-state index in [1.807, 2.05) is 53.3 Å². The molecule has 3 rings (SSSR count). The maximum absolute atomic E-state index is 11.8. The number of fused-ring (bicyclic) bond motifs is 1. The van der Waals surface area contributed by atoms with Gasteiger partial charge in [-0.05, 0) is 30.7 Å². The van der Waals surface area contributed by atoms with Crippen molar-refractivity contribution in [2.45, 2.75) is 25.8 Å². The zero-order valence-electron chi connectivity index (χ0n) is 12.4. The Labute approximate surface area is 128 Å². The number of pyridine rings is 1. The lowest BCUT2D eigenvalue weighted by molar-refractivity contribution is -0.121. The molecule has 114 valence electrons. The molecular weight excluding hydrogens is 278 g/mol. The van der Waals surface area contributed by atoms with Gasteiger partial charge in [0, 0.05) is 44.5 Å². The first-order valence-electron chi connectivity index (χ1n) is 7.49. The van der Waals surface area contributed by atoms with Crippen molar-refractivity contribution in [1.29, 1.82) is 0 Å². The Kier molecular flexibility index (Phi) is 4.48. The number of hydrogen-bond donors (Lipinski definition) is 1. The molecule has 0 fully saturated rings. The molecule has 0 saturated carbocycles. The number of nitrogens with one attached hydrogen (secondary N) is 1. The molecule has 1 amide bonds. The van der Waals surface area contributed by atoms with Gasteiger partial charge < -0.3 is 9.88 Å². The third-order valence-corrected chi connectivity index (χ3v) is 3.54. The van der Waals surface area contributed by atoms with Gasteiger partial charge in [0.1, 0.15) is 5.82 Å². The van der Waals surface area contributed by atoms with E-state index in [9.17, 15) is 4.79 Å². The van der Waals surface area contributed by atoms with Crippen LogP contribution in [0.3, 0.4) is 0 Å². The van der Waals surface area contributed by atoms with E-state index in [-0.39, 0.29) is 5.91 Å². The van der Waals surface area contributed by atoms with Crippen molar-refractivity contribution < 1.29 is 4.79 Å². The molecular formula is C16H19N5O. The Morgan fingerprint density at radius 3 is 2.77 bits per heavy atom. The van der Waals surface area contributed by atoms with Crippen LogP contribution in [0.15, 0.2) is 48.9 Å². The monoisotopic (exact) mass is 297 g/mol. The summed E-state index contributed by atoms with van der Waals surface area (Å²) < 4.78 is 4.02. The van der Waals surface area contributed by atoms with Gasteiger partial charge in [0.15, 0.2) is 5.65 Å². The zero-order valence-corrected chi connectivity index (χ0v) is 12.4. The van der Waals surface area contributed by atoms with Crippen molar-refractivity contribution in [2.75, 3.05) is 6.54 Å². The summed E-state index contributed by atoms with van der Waals surface area (Å²) in [7, 11) is 0. The fourth-order valence-corrected chi connectivity index (χ4v) is 2.40. The molecule has 0 aliphatic heterocycles. The summed E-state index contributed by atoms with van der Waals surface area (Å²) in [6.07, 6.45) is 8.01. The number of carbonyl (C=O) groups is 1. The third-order valence-electron chi connectivity index (χ3n) is 3.54. The molecule has 0 saturated heterocycles. The number of carbonyl (C=O) groups excluding carboxylic acids is 1. The van der Waals surface area contributed by atoms with Crippen molar-refractivity contribution in [3.8, 4) is 0 Å². The molecule has 22 heavy (non-hydrogen) atoms. The van der Waals surface area contributed by atoms with Gasteiger partial charge in [0.2, 0.25) is 5.91 Å². The van der Waals surface area contributed by atoms with Crippen molar-refractivity contribution in [2.24, 2.45) is 0 Å². The fraction of sp³-hybridized carbons (Fsp3) is 0.312. The SMILES string of the molecule is O=C(CCCn1cccc1)NCCc1nnc2ccccn12. The lowest BCUT2D eigenvalue weighted by Crippen LogP contribution is -2.26. The number of rotatable bonds is 7. The Morgan fingerprint density at radius 1 is 1.09 bits per heavy atom. The molecule has 6 nitrogen and oxygen atoms in total. The van der Waals surface area contributed by atoms with E-state index in [1.54, 1.807) is 0 Å². The minimum atomic E-state index is 0.0842. The second-order valence-corrected chi connectivity index (χ2v) is 5.17. The minimum Gasteiger partial charge on any atom is -0.356 e. The van der Waals surface area contributed by atoms with E-state index < -0.39 is 0 Å². The van der Waals surface area contributed by atoms with Crippen molar-refractivity contribution >= 4 is 11.6 Å². The van der Waals surface area contributed by atoms with Gasteiger partial charge in [-0.1, -0.05) is 6.07 Å². The van der Waals surface area contributed by atoms with Crippen LogP contribution in [0.1, 0.15) is 18.7 Å². The van der Waals surface area contributed by atoms with Crippen LogP contribution in [0.5, 0.6) is 0 Å². The van der Waals surface area contributed by atoms with E-state index in [0.29, 0.717) is 19.4 Å². The summed E-state index contributed by atoms with van der Waals surface area (Å²) in [5.74, 6) is 0.948. The van der Waals surface area contributed by atoms with Gasteiger partial charge in [-0.25, -0.2) is 0 Å². The molecule has 0 radical (unpaired) electrons. The van der Waals surface area contributed by atoms with Gasteiger partial charge in [-0.2, -0.15) is 0 Å². The van der Waals surface area contributed by atoms with Crippen molar-refractivity contribution in [1.82, 2.24) is 24.5 Å². The van der Waals surface area contributed by atoms with Gasteiger partial charge >= 0.3 is 0 Å². The third kappa shape index (κ3) is 3.52. The van der Waals surface area contributed by atoms with Crippen LogP contribution < -0.4 is 5.32 Å². The van der Waals surface area contributed by atoms with E-state index in [2.05, 4.69) is 20.1 Å². The molecule has 1 N–H and O–H groups in total. The maximum Gasteiger partial charge on any atom is 0.220 e.